The summed E-state index contributed by atoms with van der Waals surface area (Å²) in [6.45, 7) is 17.8. The quantitative estimate of drug-likeness (QED) is 0.614. The van der Waals surface area contributed by atoms with Crippen molar-refractivity contribution < 1.29 is 18.8 Å². The Balaban J connectivity index is 1.32. The average molecular weight is 473 g/mol. The first-order valence-electron chi connectivity index (χ1n) is 12.8. The summed E-state index contributed by atoms with van der Waals surface area (Å²) < 4.78 is 18.9. The molecule has 2 aromatic rings. The van der Waals surface area contributed by atoms with E-state index in [4.69, 9.17) is 14.0 Å². The van der Waals surface area contributed by atoms with Crippen LogP contribution in [0.4, 0.5) is 5.69 Å². The van der Waals surface area contributed by atoms with Gasteiger partial charge in [0.1, 0.15) is 0 Å². The SMILES string of the molecule is CC1(C)CCB(c2ccc3c(c2)CN(c2ccc(B4OC(C)(C)C(C)(C)O4)cc2)C3=O)OC1(C)C. The summed E-state index contributed by atoms with van der Waals surface area (Å²) in [7, 11) is -0.409. The van der Waals surface area contributed by atoms with Gasteiger partial charge in [0.05, 0.1) is 23.3 Å². The highest BCUT2D eigenvalue weighted by molar-refractivity contribution is 6.67. The number of hydrogen-bond acceptors (Lipinski definition) is 4. The van der Waals surface area contributed by atoms with Crippen LogP contribution in [0.3, 0.4) is 0 Å². The fraction of sp³-hybridized carbons (Fsp3) is 0.536. The highest BCUT2D eigenvalue weighted by Crippen LogP contribution is 2.43. The smallest absolute Gasteiger partial charge is 0.426 e. The van der Waals surface area contributed by atoms with Gasteiger partial charge in [-0.1, -0.05) is 38.1 Å². The van der Waals surface area contributed by atoms with Crippen molar-refractivity contribution in [2.75, 3.05) is 4.90 Å². The van der Waals surface area contributed by atoms with E-state index in [2.05, 4.69) is 67.5 Å². The molecule has 0 atom stereocenters. The molecule has 184 valence electrons. The van der Waals surface area contributed by atoms with Crippen molar-refractivity contribution in [1.82, 2.24) is 0 Å². The second kappa shape index (κ2) is 7.96. The number of amides is 1. The molecule has 5 nitrogen and oxygen atoms in total. The molecule has 35 heavy (non-hydrogen) atoms. The van der Waals surface area contributed by atoms with Crippen LogP contribution in [0.5, 0.6) is 0 Å². The molecule has 0 N–H and O–H groups in total. The van der Waals surface area contributed by atoms with Crippen LogP contribution < -0.4 is 15.8 Å². The number of carbonyl (C=O) groups excluding carboxylic acids is 1. The molecular weight excluding hydrogens is 436 g/mol. The van der Waals surface area contributed by atoms with Crippen LogP contribution in [0.1, 0.15) is 77.7 Å². The van der Waals surface area contributed by atoms with Gasteiger partial charge in [0.2, 0.25) is 0 Å². The molecule has 0 saturated carbocycles. The largest absolute Gasteiger partial charge is 0.494 e. The highest BCUT2D eigenvalue weighted by atomic mass is 16.7. The normalized spacial score (nSPS) is 24.1. The fourth-order valence-electron chi connectivity index (χ4n) is 5.14. The average Bonchev–Trinajstić information content (AvgIpc) is 3.21. The first kappa shape index (κ1) is 24.6. The summed E-state index contributed by atoms with van der Waals surface area (Å²) in [4.78, 5) is 15.1. The van der Waals surface area contributed by atoms with Gasteiger partial charge < -0.3 is 18.9 Å². The molecule has 2 saturated heterocycles. The van der Waals surface area contributed by atoms with Crippen molar-refractivity contribution in [2.24, 2.45) is 5.41 Å². The van der Waals surface area contributed by atoms with Crippen molar-refractivity contribution in [3.8, 4) is 0 Å². The van der Waals surface area contributed by atoms with Crippen LogP contribution >= 0.6 is 0 Å². The molecule has 0 aliphatic carbocycles. The minimum absolute atomic E-state index is 0.0426. The van der Waals surface area contributed by atoms with E-state index < -0.39 is 7.12 Å². The minimum atomic E-state index is -0.409. The van der Waals surface area contributed by atoms with Crippen LogP contribution in [0.2, 0.25) is 6.32 Å². The maximum atomic E-state index is 13.2. The number of hydrogen-bond donors (Lipinski definition) is 0. The van der Waals surface area contributed by atoms with Gasteiger partial charge in [0, 0.05) is 11.3 Å². The van der Waals surface area contributed by atoms with E-state index in [0.29, 0.717) is 6.54 Å². The van der Waals surface area contributed by atoms with E-state index in [-0.39, 0.29) is 35.0 Å². The lowest BCUT2D eigenvalue weighted by Gasteiger charge is -2.48. The van der Waals surface area contributed by atoms with E-state index in [1.54, 1.807) is 0 Å². The van der Waals surface area contributed by atoms with E-state index in [0.717, 1.165) is 40.5 Å². The van der Waals surface area contributed by atoms with Crippen LogP contribution in [0.15, 0.2) is 42.5 Å². The number of carbonyl (C=O) groups is 1. The van der Waals surface area contributed by atoms with E-state index in [1.165, 1.54) is 0 Å². The molecule has 3 aliphatic heterocycles. The Morgan fingerprint density at radius 1 is 0.771 bits per heavy atom. The number of nitrogens with zero attached hydrogens (tertiary/aromatic N) is 1. The Bertz CT molecular complexity index is 1140. The number of rotatable bonds is 3. The van der Waals surface area contributed by atoms with E-state index >= 15 is 0 Å². The van der Waals surface area contributed by atoms with Gasteiger partial charge in [0.15, 0.2) is 0 Å². The Kier molecular flexibility index (Phi) is 5.60. The fourth-order valence-corrected chi connectivity index (χ4v) is 5.14. The second-order valence-electron chi connectivity index (χ2n) is 12.5. The summed E-state index contributed by atoms with van der Waals surface area (Å²) in [5.41, 5.74) is 4.02. The van der Waals surface area contributed by atoms with Gasteiger partial charge in [-0.15, -0.1) is 0 Å². The number of benzene rings is 2. The molecule has 0 aromatic heterocycles. The summed E-state index contributed by atoms with van der Waals surface area (Å²) in [6.07, 6.45) is 2.11. The molecule has 0 spiro atoms. The molecule has 1 amide bonds. The minimum Gasteiger partial charge on any atom is -0.426 e. The number of fused-ring (bicyclic) bond motifs is 1. The molecule has 3 aliphatic rings. The lowest BCUT2D eigenvalue weighted by molar-refractivity contribution is -0.0311. The summed E-state index contributed by atoms with van der Waals surface area (Å²) in [5.74, 6) is 0.0426. The van der Waals surface area contributed by atoms with Crippen molar-refractivity contribution in [3.63, 3.8) is 0 Å². The van der Waals surface area contributed by atoms with Gasteiger partial charge in [0.25, 0.3) is 5.91 Å². The van der Waals surface area contributed by atoms with Crippen LogP contribution in [0, 0.1) is 5.41 Å². The standard InChI is InChI=1S/C28H37B2NO4/c1-25(2)15-16-29(33-26(25,3)4)21-11-14-23-19(17-21)18-31(24(23)32)22-12-9-20(10-13-22)30-34-27(5,6)28(7,8)35-30/h9-14,17H,15-16,18H2,1-8H3. The van der Waals surface area contributed by atoms with Crippen molar-refractivity contribution in [1.29, 1.82) is 0 Å². The van der Waals surface area contributed by atoms with Gasteiger partial charge in [-0.3, -0.25) is 4.79 Å². The Hall–Kier alpha value is -2.08. The predicted molar refractivity (Wildman–Crippen MR) is 143 cm³/mol. The topological polar surface area (TPSA) is 48.0 Å². The van der Waals surface area contributed by atoms with Crippen molar-refractivity contribution >= 4 is 36.6 Å². The third-order valence-electron chi connectivity index (χ3n) is 9.13. The Morgan fingerprint density at radius 3 is 1.97 bits per heavy atom. The molecule has 0 bridgehead atoms. The Morgan fingerprint density at radius 2 is 1.37 bits per heavy atom. The molecule has 5 rings (SSSR count). The maximum absolute atomic E-state index is 13.2. The second-order valence-corrected chi connectivity index (χ2v) is 12.5. The molecular formula is C28H37B2NO4. The molecule has 2 aromatic carbocycles. The van der Waals surface area contributed by atoms with E-state index in [1.807, 2.05) is 35.2 Å². The molecule has 2 fully saturated rings. The monoisotopic (exact) mass is 473 g/mol. The predicted octanol–water partition coefficient (Wildman–Crippen LogP) is 4.57. The zero-order valence-electron chi connectivity index (χ0n) is 22.4. The van der Waals surface area contributed by atoms with Gasteiger partial charge in [-0.05, 0) is 94.4 Å². The third kappa shape index (κ3) is 4.06. The van der Waals surface area contributed by atoms with Gasteiger partial charge in [-0.2, -0.15) is 0 Å². The van der Waals surface area contributed by atoms with Gasteiger partial charge >= 0.3 is 14.0 Å². The third-order valence-corrected chi connectivity index (χ3v) is 9.13. The molecule has 0 radical (unpaired) electrons. The highest BCUT2D eigenvalue weighted by Gasteiger charge is 2.51. The molecule has 3 heterocycles. The van der Waals surface area contributed by atoms with Crippen LogP contribution in [-0.2, 0) is 20.5 Å². The summed E-state index contributed by atoms with van der Waals surface area (Å²) in [6, 6.07) is 14.2. The van der Waals surface area contributed by atoms with Gasteiger partial charge in [-0.25, -0.2) is 0 Å². The maximum Gasteiger partial charge on any atom is 0.494 e. The lowest BCUT2D eigenvalue weighted by atomic mass is 9.50. The first-order valence-corrected chi connectivity index (χ1v) is 12.8. The number of anilines is 1. The van der Waals surface area contributed by atoms with Crippen LogP contribution in [-0.4, -0.2) is 36.7 Å². The Labute approximate surface area is 210 Å². The van der Waals surface area contributed by atoms with Crippen molar-refractivity contribution in [3.05, 3.63) is 53.6 Å². The van der Waals surface area contributed by atoms with Crippen molar-refractivity contribution in [2.45, 2.75) is 91.5 Å². The zero-order valence-corrected chi connectivity index (χ0v) is 22.4. The summed E-state index contributed by atoms with van der Waals surface area (Å²) in [5, 5.41) is 0. The lowest BCUT2D eigenvalue weighted by Crippen LogP contribution is -2.54. The molecule has 7 heteroatoms. The van der Waals surface area contributed by atoms with E-state index in [9.17, 15) is 4.79 Å². The van der Waals surface area contributed by atoms with Crippen LogP contribution in [0.25, 0.3) is 0 Å². The summed E-state index contributed by atoms with van der Waals surface area (Å²) >= 11 is 0. The zero-order chi connectivity index (χ0) is 25.4. The first-order chi connectivity index (χ1) is 16.2. The molecule has 0 unspecified atom stereocenters.